The number of hydrogen-bond donors (Lipinski definition) is 0. The number of rotatable bonds is 5. The first kappa shape index (κ1) is 19.5. The molecule has 0 saturated carbocycles. The molecule has 0 radical (unpaired) electrons. The van der Waals surface area contributed by atoms with Gasteiger partial charge in [-0.1, -0.05) is 53.5 Å². The van der Waals surface area contributed by atoms with Gasteiger partial charge >= 0.3 is 0 Å². The highest BCUT2D eigenvalue weighted by Crippen LogP contribution is 2.29. The van der Waals surface area contributed by atoms with Crippen LogP contribution in [0.3, 0.4) is 0 Å². The maximum atomic E-state index is 12.8. The molecule has 0 bridgehead atoms. The summed E-state index contributed by atoms with van der Waals surface area (Å²) in [5, 5.41) is 1.25. The number of halogens is 2. The Morgan fingerprint density at radius 2 is 1.66 bits per heavy atom. The van der Waals surface area contributed by atoms with Crippen LogP contribution in [0.25, 0.3) is 0 Å². The first-order chi connectivity index (χ1) is 14.1. The van der Waals surface area contributed by atoms with Gasteiger partial charge in [-0.2, -0.15) is 0 Å². The molecule has 4 nitrogen and oxygen atoms in total. The lowest BCUT2D eigenvalue weighted by Crippen LogP contribution is -2.36. The third-order valence-electron chi connectivity index (χ3n) is 4.62. The molecule has 3 aromatic rings. The zero-order chi connectivity index (χ0) is 20.2. The number of nitrogens with zero attached hydrogens (tertiary/aromatic N) is 2. The molecule has 0 N–H and O–H groups in total. The van der Waals surface area contributed by atoms with Crippen LogP contribution in [-0.4, -0.2) is 31.3 Å². The van der Waals surface area contributed by atoms with Crippen LogP contribution in [-0.2, 0) is 4.79 Å². The summed E-state index contributed by atoms with van der Waals surface area (Å²) in [7, 11) is 0. The van der Waals surface area contributed by atoms with Crippen molar-refractivity contribution in [2.45, 2.75) is 0 Å². The molecule has 29 heavy (non-hydrogen) atoms. The van der Waals surface area contributed by atoms with E-state index in [0.29, 0.717) is 28.9 Å². The second-order valence-electron chi connectivity index (χ2n) is 6.54. The first-order valence-electron chi connectivity index (χ1n) is 9.20. The summed E-state index contributed by atoms with van der Waals surface area (Å²) in [6, 6.07) is 22.5. The number of amides is 1. The van der Waals surface area contributed by atoms with Gasteiger partial charge in [-0.25, -0.2) is 0 Å². The molecule has 146 valence electrons. The fourth-order valence-corrected chi connectivity index (χ4v) is 3.56. The van der Waals surface area contributed by atoms with Gasteiger partial charge in [0.1, 0.15) is 18.9 Å². The minimum absolute atomic E-state index is 0.0669. The van der Waals surface area contributed by atoms with Crippen molar-refractivity contribution in [3.8, 4) is 5.75 Å². The lowest BCUT2D eigenvalue weighted by Gasteiger charge is -2.23. The molecule has 4 rings (SSSR count). The Balaban J connectivity index is 1.61. The highest BCUT2D eigenvalue weighted by molar-refractivity contribution is 6.32. The molecule has 0 aliphatic carbocycles. The van der Waals surface area contributed by atoms with Gasteiger partial charge in [0, 0.05) is 21.2 Å². The van der Waals surface area contributed by atoms with E-state index in [0.717, 1.165) is 22.5 Å². The van der Waals surface area contributed by atoms with Gasteiger partial charge in [-0.05, 0) is 42.5 Å². The third-order valence-corrected chi connectivity index (χ3v) is 5.11. The molecular weight excluding hydrogens is 407 g/mol. The second kappa shape index (κ2) is 8.68. The molecule has 3 aromatic carbocycles. The predicted molar refractivity (Wildman–Crippen MR) is 118 cm³/mol. The average molecular weight is 425 g/mol. The predicted octanol–water partition coefficient (Wildman–Crippen LogP) is 5.26. The maximum absolute atomic E-state index is 12.8. The van der Waals surface area contributed by atoms with Gasteiger partial charge in [0.05, 0.1) is 17.9 Å². The molecular formula is C23H18Cl2N2O2. The molecule has 0 spiro atoms. The van der Waals surface area contributed by atoms with E-state index in [1.54, 1.807) is 35.2 Å². The lowest BCUT2D eigenvalue weighted by atomic mass is 10.0. The first-order valence-corrected chi connectivity index (χ1v) is 9.96. The number of ether oxygens (including phenoxy) is 1. The number of carbonyl (C=O) groups is 1. The average Bonchev–Trinajstić information content (AvgIpc) is 2.86. The number of benzene rings is 3. The second-order valence-corrected chi connectivity index (χ2v) is 7.41. The number of benzodiazepines with no additional fused rings is 1. The molecule has 0 unspecified atom stereocenters. The van der Waals surface area contributed by atoms with Crippen molar-refractivity contribution in [1.82, 2.24) is 0 Å². The van der Waals surface area contributed by atoms with Crippen molar-refractivity contribution >= 4 is 40.5 Å². The quantitative estimate of drug-likeness (QED) is 0.560. The largest absolute Gasteiger partial charge is 0.492 e. The van der Waals surface area contributed by atoms with Gasteiger partial charge in [0.2, 0.25) is 5.91 Å². The van der Waals surface area contributed by atoms with Crippen molar-refractivity contribution in [2.75, 3.05) is 24.6 Å². The summed E-state index contributed by atoms with van der Waals surface area (Å²) in [4.78, 5) is 19.1. The van der Waals surface area contributed by atoms with Gasteiger partial charge in [0.25, 0.3) is 0 Å². The Hall–Kier alpha value is -2.82. The number of carbonyl (C=O) groups excluding carboxylic acids is 1. The van der Waals surface area contributed by atoms with Gasteiger partial charge < -0.3 is 9.64 Å². The number of anilines is 1. The molecule has 6 heteroatoms. The van der Waals surface area contributed by atoms with Crippen LogP contribution in [0.4, 0.5) is 5.69 Å². The molecule has 0 atom stereocenters. The van der Waals surface area contributed by atoms with E-state index in [1.165, 1.54) is 0 Å². The van der Waals surface area contributed by atoms with Crippen LogP contribution >= 0.6 is 23.2 Å². The monoisotopic (exact) mass is 424 g/mol. The number of aliphatic imine (C=N–C) groups is 1. The summed E-state index contributed by atoms with van der Waals surface area (Å²) in [6.45, 7) is 0.807. The Morgan fingerprint density at radius 1 is 0.931 bits per heavy atom. The molecule has 1 aliphatic heterocycles. The fraction of sp³-hybridized carbons (Fsp3) is 0.130. The normalized spacial score (nSPS) is 13.5. The Bertz CT molecular complexity index is 1050. The summed E-state index contributed by atoms with van der Waals surface area (Å²) in [5.74, 6) is 0.619. The van der Waals surface area contributed by atoms with Crippen LogP contribution in [0.2, 0.25) is 10.0 Å². The lowest BCUT2D eigenvalue weighted by molar-refractivity contribution is -0.117. The summed E-state index contributed by atoms with van der Waals surface area (Å²) in [6.07, 6.45) is 0. The van der Waals surface area contributed by atoms with Crippen LogP contribution in [0.15, 0.2) is 77.8 Å². The van der Waals surface area contributed by atoms with Crippen LogP contribution < -0.4 is 9.64 Å². The van der Waals surface area contributed by atoms with E-state index in [9.17, 15) is 4.79 Å². The van der Waals surface area contributed by atoms with E-state index < -0.39 is 0 Å². The van der Waals surface area contributed by atoms with Gasteiger partial charge in [-0.15, -0.1) is 0 Å². The van der Waals surface area contributed by atoms with Crippen molar-refractivity contribution in [3.05, 3.63) is 94.0 Å². The third kappa shape index (κ3) is 4.44. The molecule has 0 fully saturated rings. The molecule has 0 aromatic heterocycles. The van der Waals surface area contributed by atoms with E-state index in [-0.39, 0.29) is 12.5 Å². The smallest absolute Gasteiger partial charge is 0.248 e. The molecule has 1 aliphatic rings. The minimum Gasteiger partial charge on any atom is -0.492 e. The number of hydrogen-bond acceptors (Lipinski definition) is 3. The van der Waals surface area contributed by atoms with E-state index in [2.05, 4.69) is 4.99 Å². The van der Waals surface area contributed by atoms with E-state index >= 15 is 0 Å². The zero-order valence-corrected chi connectivity index (χ0v) is 17.0. The zero-order valence-electron chi connectivity index (χ0n) is 15.5. The van der Waals surface area contributed by atoms with Crippen LogP contribution in [0, 0.1) is 0 Å². The number of fused-ring (bicyclic) bond motifs is 1. The van der Waals surface area contributed by atoms with Crippen molar-refractivity contribution in [2.24, 2.45) is 4.99 Å². The Kier molecular flexibility index (Phi) is 5.84. The molecule has 1 amide bonds. The maximum Gasteiger partial charge on any atom is 0.248 e. The van der Waals surface area contributed by atoms with Crippen LogP contribution in [0.1, 0.15) is 11.1 Å². The van der Waals surface area contributed by atoms with Gasteiger partial charge in [0.15, 0.2) is 0 Å². The molecule has 0 saturated heterocycles. The summed E-state index contributed by atoms with van der Waals surface area (Å²) in [5.41, 5.74) is 3.32. The van der Waals surface area contributed by atoms with Crippen molar-refractivity contribution < 1.29 is 9.53 Å². The van der Waals surface area contributed by atoms with Crippen LogP contribution in [0.5, 0.6) is 5.75 Å². The van der Waals surface area contributed by atoms with Gasteiger partial charge in [-0.3, -0.25) is 9.79 Å². The van der Waals surface area contributed by atoms with E-state index in [4.69, 9.17) is 27.9 Å². The minimum atomic E-state index is -0.0841. The van der Waals surface area contributed by atoms with Crippen molar-refractivity contribution in [3.63, 3.8) is 0 Å². The highest BCUT2D eigenvalue weighted by atomic mass is 35.5. The SMILES string of the molecule is O=C1CN=C(c2ccccc2)c2cc(Cl)ccc2N1CCOc1ccc(Cl)cc1. The standard InChI is InChI=1S/C23H18Cl2N2O2/c24-17-6-9-19(10-7-17)29-13-12-27-21-11-8-18(25)14-20(21)23(26-15-22(27)28)16-4-2-1-3-5-16/h1-11,14H,12-13,15H2. The topological polar surface area (TPSA) is 41.9 Å². The Morgan fingerprint density at radius 3 is 2.41 bits per heavy atom. The molecule has 1 heterocycles. The van der Waals surface area contributed by atoms with E-state index in [1.807, 2.05) is 42.5 Å². The fourth-order valence-electron chi connectivity index (χ4n) is 3.26. The summed E-state index contributed by atoms with van der Waals surface area (Å²) < 4.78 is 5.79. The van der Waals surface area contributed by atoms with Crippen molar-refractivity contribution in [1.29, 1.82) is 0 Å². The summed E-state index contributed by atoms with van der Waals surface area (Å²) >= 11 is 12.2. The highest BCUT2D eigenvalue weighted by Gasteiger charge is 2.25. The Labute approximate surface area is 179 Å².